The number of benzene rings is 1. The Morgan fingerprint density at radius 2 is 1.87 bits per heavy atom. The van der Waals surface area contributed by atoms with Crippen LogP contribution >= 0.6 is 0 Å². The predicted molar refractivity (Wildman–Crippen MR) is 90.7 cm³/mol. The second-order valence-corrected chi connectivity index (χ2v) is 6.27. The van der Waals surface area contributed by atoms with Crippen molar-refractivity contribution in [2.45, 2.75) is 39.3 Å². The van der Waals surface area contributed by atoms with Crippen molar-refractivity contribution in [1.29, 1.82) is 0 Å². The van der Waals surface area contributed by atoms with Crippen LogP contribution in [0.3, 0.4) is 0 Å². The quantitative estimate of drug-likeness (QED) is 0.874. The van der Waals surface area contributed by atoms with E-state index in [1.807, 2.05) is 13.0 Å². The summed E-state index contributed by atoms with van der Waals surface area (Å²) in [6.45, 7) is 10.4. The zero-order valence-corrected chi connectivity index (χ0v) is 14.4. The Hall–Kier alpha value is -1.46. The van der Waals surface area contributed by atoms with Gasteiger partial charge in [0, 0.05) is 38.8 Å². The monoisotopic (exact) mass is 321 g/mol. The van der Waals surface area contributed by atoms with Gasteiger partial charge in [0.25, 0.3) is 0 Å². The molecule has 0 saturated carbocycles. The van der Waals surface area contributed by atoms with Gasteiger partial charge >= 0.3 is 0 Å². The first-order valence-electron chi connectivity index (χ1n) is 8.54. The summed E-state index contributed by atoms with van der Waals surface area (Å²) in [7, 11) is 0. The normalized spacial score (nSPS) is 19.3. The van der Waals surface area contributed by atoms with E-state index in [1.54, 1.807) is 12.1 Å². The molecule has 2 atom stereocenters. The van der Waals surface area contributed by atoms with Crippen molar-refractivity contribution < 1.29 is 9.18 Å². The molecule has 0 spiro atoms. The van der Waals surface area contributed by atoms with Gasteiger partial charge in [-0.15, -0.1) is 0 Å². The van der Waals surface area contributed by atoms with Gasteiger partial charge in [0.15, 0.2) is 0 Å². The average Bonchev–Trinajstić information content (AvgIpc) is 2.58. The fourth-order valence-corrected chi connectivity index (χ4v) is 3.05. The summed E-state index contributed by atoms with van der Waals surface area (Å²) in [6, 6.07) is 6.92. The van der Waals surface area contributed by atoms with Crippen molar-refractivity contribution >= 4 is 5.91 Å². The van der Waals surface area contributed by atoms with Crippen LogP contribution < -0.4 is 5.32 Å². The van der Waals surface area contributed by atoms with E-state index in [0.29, 0.717) is 0 Å². The molecule has 0 bridgehead atoms. The molecule has 0 aromatic heterocycles. The largest absolute Gasteiger partial charge is 0.355 e. The van der Waals surface area contributed by atoms with Crippen molar-refractivity contribution in [3.05, 3.63) is 35.6 Å². The summed E-state index contributed by atoms with van der Waals surface area (Å²) in [5.41, 5.74) is 1.01. The minimum atomic E-state index is -0.186. The van der Waals surface area contributed by atoms with Crippen molar-refractivity contribution in [3.63, 3.8) is 0 Å². The van der Waals surface area contributed by atoms with Crippen LogP contribution in [0.1, 0.15) is 38.8 Å². The molecule has 5 heteroatoms. The number of hydrogen-bond acceptors (Lipinski definition) is 3. The van der Waals surface area contributed by atoms with Crippen molar-refractivity contribution in [3.8, 4) is 0 Å². The highest BCUT2D eigenvalue weighted by atomic mass is 19.1. The summed E-state index contributed by atoms with van der Waals surface area (Å²) < 4.78 is 13.4. The van der Waals surface area contributed by atoms with Crippen molar-refractivity contribution in [2.75, 3.05) is 32.7 Å². The highest BCUT2D eigenvalue weighted by Gasteiger charge is 2.27. The van der Waals surface area contributed by atoms with E-state index in [4.69, 9.17) is 0 Å². The molecule has 128 valence electrons. The maximum atomic E-state index is 13.4. The van der Waals surface area contributed by atoms with Crippen LogP contribution in [0.4, 0.5) is 4.39 Å². The number of rotatable bonds is 6. The fourth-order valence-electron chi connectivity index (χ4n) is 3.05. The fraction of sp³-hybridized carbons (Fsp3) is 0.611. The Bertz CT molecular complexity index is 515. The van der Waals surface area contributed by atoms with Gasteiger partial charge in [-0.3, -0.25) is 14.6 Å². The summed E-state index contributed by atoms with van der Waals surface area (Å²) in [5, 5.41) is 2.96. The molecule has 1 aliphatic rings. The lowest BCUT2D eigenvalue weighted by Gasteiger charge is -2.40. The number of amides is 1. The second kappa shape index (κ2) is 8.41. The molecule has 0 radical (unpaired) electrons. The molecule has 1 fully saturated rings. The van der Waals surface area contributed by atoms with Gasteiger partial charge in [-0.25, -0.2) is 4.39 Å². The van der Waals surface area contributed by atoms with Gasteiger partial charge < -0.3 is 5.32 Å². The van der Waals surface area contributed by atoms with E-state index >= 15 is 0 Å². The highest BCUT2D eigenvalue weighted by Crippen LogP contribution is 2.22. The SMILES string of the molecule is CCCNC(=O)C(C)N1CCN(C(C)c2cccc(F)c2)CC1. The minimum Gasteiger partial charge on any atom is -0.355 e. The molecule has 1 heterocycles. The van der Waals surface area contributed by atoms with Gasteiger partial charge in [-0.05, 0) is 38.0 Å². The summed E-state index contributed by atoms with van der Waals surface area (Å²) in [6.07, 6.45) is 0.956. The number of halogens is 1. The maximum Gasteiger partial charge on any atom is 0.237 e. The van der Waals surface area contributed by atoms with Gasteiger partial charge in [-0.2, -0.15) is 0 Å². The number of hydrogen-bond donors (Lipinski definition) is 1. The summed E-state index contributed by atoms with van der Waals surface area (Å²) in [4.78, 5) is 16.6. The molecular formula is C18H28FN3O. The number of carbonyl (C=O) groups is 1. The molecule has 1 saturated heterocycles. The molecule has 4 nitrogen and oxygen atoms in total. The first-order valence-corrected chi connectivity index (χ1v) is 8.54. The van der Waals surface area contributed by atoms with Crippen molar-refractivity contribution in [1.82, 2.24) is 15.1 Å². The van der Waals surface area contributed by atoms with Crippen LogP contribution in [0.2, 0.25) is 0 Å². The van der Waals surface area contributed by atoms with Crippen LogP contribution in [0.5, 0.6) is 0 Å². The topological polar surface area (TPSA) is 35.6 Å². The molecular weight excluding hydrogens is 293 g/mol. The first-order chi connectivity index (χ1) is 11.0. The number of nitrogens with zero attached hydrogens (tertiary/aromatic N) is 2. The van der Waals surface area contributed by atoms with Crippen LogP contribution in [0.25, 0.3) is 0 Å². The lowest BCUT2D eigenvalue weighted by Crippen LogP contribution is -2.54. The third-order valence-corrected chi connectivity index (χ3v) is 4.70. The third kappa shape index (κ3) is 4.75. The van der Waals surface area contributed by atoms with Gasteiger partial charge in [0.2, 0.25) is 5.91 Å². The smallest absolute Gasteiger partial charge is 0.237 e. The zero-order chi connectivity index (χ0) is 16.8. The van der Waals surface area contributed by atoms with E-state index in [-0.39, 0.29) is 23.8 Å². The van der Waals surface area contributed by atoms with E-state index in [9.17, 15) is 9.18 Å². The molecule has 1 N–H and O–H groups in total. The Labute approximate surface area is 138 Å². The van der Waals surface area contributed by atoms with Gasteiger partial charge in [0.05, 0.1) is 6.04 Å². The van der Waals surface area contributed by atoms with Crippen LogP contribution in [-0.2, 0) is 4.79 Å². The molecule has 1 amide bonds. The predicted octanol–water partition coefficient (Wildman–Crippen LogP) is 2.42. The van der Waals surface area contributed by atoms with Gasteiger partial charge in [-0.1, -0.05) is 19.1 Å². The maximum absolute atomic E-state index is 13.4. The van der Waals surface area contributed by atoms with Crippen molar-refractivity contribution in [2.24, 2.45) is 0 Å². The highest BCUT2D eigenvalue weighted by molar-refractivity contribution is 5.81. The van der Waals surface area contributed by atoms with Crippen LogP contribution in [0, 0.1) is 5.82 Å². The van der Waals surface area contributed by atoms with Gasteiger partial charge in [0.1, 0.15) is 5.82 Å². The zero-order valence-electron chi connectivity index (χ0n) is 14.4. The minimum absolute atomic E-state index is 0.0897. The van der Waals surface area contributed by atoms with E-state index in [1.165, 1.54) is 6.07 Å². The molecule has 1 aromatic carbocycles. The first kappa shape index (κ1) is 17.9. The molecule has 1 aromatic rings. The Morgan fingerprint density at radius 3 is 2.48 bits per heavy atom. The third-order valence-electron chi connectivity index (χ3n) is 4.70. The standard InChI is InChI=1S/C18H28FN3O/c1-4-8-20-18(23)15(3)22-11-9-21(10-12-22)14(2)16-6-5-7-17(19)13-16/h5-7,13-15H,4,8-12H2,1-3H3,(H,20,23). The molecule has 2 rings (SSSR count). The molecule has 23 heavy (non-hydrogen) atoms. The Balaban J connectivity index is 1.87. The van der Waals surface area contributed by atoms with Crippen LogP contribution in [-0.4, -0.2) is 54.5 Å². The van der Waals surface area contributed by atoms with E-state index in [0.717, 1.165) is 44.7 Å². The Kier molecular flexibility index (Phi) is 6.54. The lowest BCUT2D eigenvalue weighted by atomic mass is 10.1. The average molecular weight is 321 g/mol. The van der Waals surface area contributed by atoms with E-state index in [2.05, 4.69) is 29.0 Å². The summed E-state index contributed by atoms with van der Waals surface area (Å²) in [5.74, 6) is -0.0762. The molecule has 1 aliphatic heterocycles. The number of carbonyl (C=O) groups excluding carboxylic acids is 1. The Morgan fingerprint density at radius 1 is 1.22 bits per heavy atom. The van der Waals surface area contributed by atoms with E-state index < -0.39 is 0 Å². The van der Waals surface area contributed by atoms with Crippen LogP contribution in [0.15, 0.2) is 24.3 Å². The molecule has 0 aliphatic carbocycles. The molecule has 2 unspecified atom stereocenters. The number of piperazine rings is 1. The lowest BCUT2D eigenvalue weighted by molar-refractivity contribution is -0.126. The summed E-state index contributed by atoms with van der Waals surface area (Å²) >= 11 is 0. The second-order valence-electron chi connectivity index (χ2n) is 6.27. The number of nitrogens with one attached hydrogen (secondary N) is 1.